The number of hydrogen-bond acceptors (Lipinski definition) is 5. The normalized spacial score (nSPS) is 27.4. The number of nitrogens with zero attached hydrogens (tertiary/aromatic N) is 3. The van der Waals surface area contributed by atoms with Crippen molar-refractivity contribution in [1.29, 1.82) is 0 Å². The summed E-state index contributed by atoms with van der Waals surface area (Å²) in [5.74, 6) is 2.09. The van der Waals surface area contributed by atoms with Gasteiger partial charge in [-0.1, -0.05) is 30.3 Å². The van der Waals surface area contributed by atoms with Crippen LogP contribution in [-0.4, -0.2) is 56.1 Å². The van der Waals surface area contributed by atoms with Crippen LogP contribution in [0.1, 0.15) is 43.6 Å². The smallest absolute Gasteiger partial charge is 0.209 e. The fraction of sp³-hybridized carbons (Fsp3) is 0.609. The molecule has 1 aliphatic heterocycles. The second-order valence-electron chi connectivity index (χ2n) is 9.13. The molecule has 0 amide bonds. The van der Waals surface area contributed by atoms with E-state index in [0.29, 0.717) is 31.4 Å². The Morgan fingerprint density at radius 2 is 1.87 bits per heavy atom. The van der Waals surface area contributed by atoms with Gasteiger partial charge in [0.05, 0.1) is 24.7 Å². The van der Waals surface area contributed by atoms with Crippen molar-refractivity contribution in [3.05, 3.63) is 48.4 Å². The molecule has 1 aliphatic carbocycles. The largest absolute Gasteiger partial charge is 0.374 e. The standard InChI is InChI=1S/C23H34N4O3S/c1-26-15-23(24-17-26)27-13-12-21(25-31(2,28)29)22(14-27)30-16-18-8-10-20(11-9-18)19-6-4-3-5-7-19/h3-7,15,17-18,20-22,25H,8-14,16H2,1-2H3/t18?,20?,21-,22+/m1/s1. The molecule has 0 bridgehead atoms. The van der Waals surface area contributed by atoms with E-state index in [1.807, 2.05) is 17.8 Å². The summed E-state index contributed by atoms with van der Waals surface area (Å²) in [6.07, 6.45) is 10.2. The molecule has 2 atom stereocenters. The monoisotopic (exact) mass is 446 g/mol. The van der Waals surface area contributed by atoms with Gasteiger partial charge in [-0.2, -0.15) is 0 Å². The molecule has 8 heteroatoms. The first-order valence-corrected chi connectivity index (χ1v) is 13.1. The van der Waals surface area contributed by atoms with E-state index in [4.69, 9.17) is 4.74 Å². The van der Waals surface area contributed by atoms with Gasteiger partial charge in [-0.15, -0.1) is 0 Å². The van der Waals surface area contributed by atoms with E-state index in [1.165, 1.54) is 24.7 Å². The highest BCUT2D eigenvalue weighted by Gasteiger charge is 2.33. The molecule has 1 saturated carbocycles. The Morgan fingerprint density at radius 3 is 2.52 bits per heavy atom. The first-order chi connectivity index (χ1) is 14.9. The van der Waals surface area contributed by atoms with E-state index in [2.05, 4.69) is 44.9 Å². The highest BCUT2D eigenvalue weighted by Crippen LogP contribution is 2.36. The van der Waals surface area contributed by atoms with Gasteiger partial charge in [0.1, 0.15) is 5.82 Å². The number of rotatable bonds is 7. The second-order valence-corrected chi connectivity index (χ2v) is 10.9. The number of sulfonamides is 1. The molecule has 2 aromatic rings. The van der Waals surface area contributed by atoms with Gasteiger partial charge in [0, 0.05) is 32.9 Å². The average Bonchev–Trinajstić information content (AvgIpc) is 3.19. The molecule has 2 aliphatic rings. The van der Waals surface area contributed by atoms with E-state index in [0.717, 1.165) is 25.2 Å². The van der Waals surface area contributed by atoms with Gasteiger partial charge in [-0.05, 0) is 49.5 Å². The van der Waals surface area contributed by atoms with Crippen LogP contribution >= 0.6 is 0 Å². The van der Waals surface area contributed by atoms with Crippen molar-refractivity contribution in [2.45, 2.75) is 50.2 Å². The zero-order valence-electron chi connectivity index (χ0n) is 18.5. The van der Waals surface area contributed by atoms with E-state index in [-0.39, 0.29) is 12.1 Å². The summed E-state index contributed by atoms with van der Waals surface area (Å²) in [4.78, 5) is 6.65. The highest BCUT2D eigenvalue weighted by molar-refractivity contribution is 7.88. The number of nitrogens with one attached hydrogen (secondary N) is 1. The SMILES string of the molecule is Cn1cnc(N2CC[C@@H](NS(C)(=O)=O)[C@@H](OCC3CCC(c4ccccc4)CC3)C2)c1. The van der Waals surface area contributed by atoms with Crippen LogP contribution in [0.5, 0.6) is 0 Å². The third-order valence-electron chi connectivity index (χ3n) is 6.60. The van der Waals surface area contributed by atoms with Crippen molar-refractivity contribution in [2.24, 2.45) is 13.0 Å². The Morgan fingerprint density at radius 1 is 1.13 bits per heavy atom. The van der Waals surface area contributed by atoms with Gasteiger partial charge in [0.2, 0.25) is 10.0 Å². The lowest BCUT2D eigenvalue weighted by atomic mass is 9.79. The maximum atomic E-state index is 11.9. The Labute approximate surface area is 185 Å². The third-order valence-corrected chi connectivity index (χ3v) is 7.33. The Bertz CT molecular complexity index is 939. The van der Waals surface area contributed by atoms with Crippen LogP contribution in [0.2, 0.25) is 0 Å². The summed E-state index contributed by atoms with van der Waals surface area (Å²) >= 11 is 0. The second kappa shape index (κ2) is 9.71. The lowest BCUT2D eigenvalue weighted by Gasteiger charge is -2.39. The maximum absolute atomic E-state index is 11.9. The van der Waals surface area contributed by atoms with Crippen LogP contribution in [0.4, 0.5) is 5.82 Å². The van der Waals surface area contributed by atoms with Crippen LogP contribution in [0.3, 0.4) is 0 Å². The molecular formula is C23H34N4O3S. The van der Waals surface area contributed by atoms with Crippen molar-refractivity contribution < 1.29 is 13.2 Å². The minimum absolute atomic E-state index is 0.183. The molecule has 2 heterocycles. The molecule has 170 valence electrons. The van der Waals surface area contributed by atoms with Crippen LogP contribution in [0, 0.1) is 5.92 Å². The summed E-state index contributed by atoms with van der Waals surface area (Å²) in [7, 11) is -1.33. The summed E-state index contributed by atoms with van der Waals surface area (Å²) in [5.41, 5.74) is 1.44. The number of aromatic nitrogens is 2. The van der Waals surface area contributed by atoms with E-state index in [1.54, 1.807) is 6.33 Å². The predicted molar refractivity (Wildman–Crippen MR) is 123 cm³/mol. The molecule has 1 aromatic heterocycles. The van der Waals surface area contributed by atoms with Crippen molar-refractivity contribution >= 4 is 15.8 Å². The first-order valence-electron chi connectivity index (χ1n) is 11.2. The minimum atomic E-state index is -3.28. The van der Waals surface area contributed by atoms with E-state index >= 15 is 0 Å². The van der Waals surface area contributed by atoms with Gasteiger partial charge in [0.15, 0.2) is 0 Å². The minimum Gasteiger partial charge on any atom is -0.374 e. The number of piperidine rings is 1. The zero-order valence-corrected chi connectivity index (χ0v) is 19.3. The predicted octanol–water partition coefficient (Wildman–Crippen LogP) is 2.91. The quantitative estimate of drug-likeness (QED) is 0.708. The average molecular weight is 447 g/mol. The Kier molecular flexibility index (Phi) is 6.99. The maximum Gasteiger partial charge on any atom is 0.209 e. The molecule has 1 saturated heterocycles. The lowest BCUT2D eigenvalue weighted by Crippen LogP contribution is -2.55. The summed E-state index contributed by atoms with van der Waals surface area (Å²) in [5, 5.41) is 0. The van der Waals surface area contributed by atoms with Crippen LogP contribution in [0.25, 0.3) is 0 Å². The van der Waals surface area contributed by atoms with Gasteiger partial charge in [-0.3, -0.25) is 0 Å². The summed E-state index contributed by atoms with van der Waals surface area (Å²) in [6, 6.07) is 10.6. The molecule has 2 fully saturated rings. The van der Waals surface area contributed by atoms with Crippen LogP contribution in [0.15, 0.2) is 42.9 Å². The third kappa shape index (κ3) is 6.08. The molecule has 4 rings (SSSR count). The van der Waals surface area contributed by atoms with Crippen molar-refractivity contribution in [1.82, 2.24) is 14.3 Å². The zero-order chi connectivity index (χ0) is 21.8. The van der Waals surface area contributed by atoms with Gasteiger partial charge in [0.25, 0.3) is 0 Å². The highest BCUT2D eigenvalue weighted by atomic mass is 32.2. The number of aryl methyl sites for hydroxylation is 1. The number of anilines is 1. The Balaban J connectivity index is 1.34. The topological polar surface area (TPSA) is 76.5 Å². The van der Waals surface area contributed by atoms with Crippen LogP contribution in [-0.2, 0) is 21.8 Å². The molecule has 0 spiro atoms. The fourth-order valence-electron chi connectivity index (χ4n) is 4.91. The van der Waals surface area contributed by atoms with Gasteiger partial charge >= 0.3 is 0 Å². The number of hydrogen-bond donors (Lipinski definition) is 1. The fourth-order valence-corrected chi connectivity index (χ4v) is 5.73. The molecule has 1 aromatic carbocycles. The number of ether oxygens (including phenoxy) is 1. The molecule has 0 unspecified atom stereocenters. The number of imidazole rings is 1. The number of benzene rings is 1. The van der Waals surface area contributed by atoms with E-state index in [9.17, 15) is 8.42 Å². The van der Waals surface area contributed by atoms with Crippen molar-refractivity contribution in [3.8, 4) is 0 Å². The summed E-state index contributed by atoms with van der Waals surface area (Å²) < 4.78 is 34.9. The van der Waals surface area contributed by atoms with Crippen molar-refractivity contribution in [3.63, 3.8) is 0 Å². The molecular weight excluding hydrogens is 412 g/mol. The van der Waals surface area contributed by atoms with E-state index < -0.39 is 10.0 Å². The van der Waals surface area contributed by atoms with Crippen molar-refractivity contribution in [2.75, 3.05) is 30.9 Å². The molecule has 7 nitrogen and oxygen atoms in total. The molecule has 0 radical (unpaired) electrons. The van der Waals surface area contributed by atoms with Gasteiger partial charge < -0.3 is 14.2 Å². The first kappa shape index (κ1) is 22.3. The Hall–Kier alpha value is -1.90. The van der Waals surface area contributed by atoms with Gasteiger partial charge in [-0.25, -0.2) is 18.1 Å². The van der Waals surface area contributed by atoms with Crippen LogP contribution < -0.4 is 9.62 Å². The lowest BCUT2D eigenvalue weighted by molar-refractivity contribution is -0.00127. The molecule has 1 N–H and O–H groups in total. The molecule has 31 heavy (non-hydrogen) atoms. The summed E-state index contributed by atoms with van der Waals surface area (Å²) in [6.45, 7) is 2.08.